The third kappa shape index (κ3) is 3.97. The zero-order chi connectivity index (χ0) is 13.7. The highest BCUT2D eigenvalue weighted by Crippen LogP contribution is 2.29. The molecule has 0 aliphatic rings. The van der Waals surface area contributed by atoms with E-state index in [1.165, 1.54) is 32.0 Å². The summed E-state index contributed by atoms with van der Waals surface area (Å²) in [5.41, 5.74) is 0.418. The van der Waals surface area contributed by atoms with Gasteiger partial charge < -0.3 is 19.7 Å². The van der Waals surface area contributed by atoms with E-state index in [2.05, 4.69) is 0 Å². The summed E-state index contributed by atoms with van der Waals surface area (Å²) in [6.07, 6.45) is -0.821. The van der Waals surface area contributed by atoms with E-state index in [-0.39, 0.29) is 18.1 Å². The average molecular weight is 254 g/mol. The summed E-state index contributed by atoms with van der Waals surface area (Å²) in [4.78, 5) is 21.7. The minimum atomic E-state index is -0.821. The molecule has 1 atom stereocenters. The van der Waals surface area contributed by atoms with Crippen molar-refractivity contribution in [1.29, 1.82) is 0 Å². The minimum Gasteiger partial charge on any atom is -0.504 e. The van der Waals surface area contributed by atoms with Gasteiger partial charge in [0.05, 0.1) is 0 Å². The van der Waals surface area contributed by atoms with Crippen LogP contribution < -0.4 is 0 Å². The molecule has 98 valence electrons. The maximum atomic E-state index is 10.9. The smallest absolute Gasteiger partial charge is 0.303 e. The van der Waals surface area contributed by atoms with Gasteiger partial charge in [-0.1, -0.05) is 6.07 Å². The Kier molecular flexibility index (Phi) is 4.53. The summed E-state index contributed by atoms with van der Waals surface area (Å²) in [6.45, 7) is 2.30. The maximum absolute atomic E-state index is 10.9. The second-order valence-corrected chi connectivity index (χ2v) is 3.65. The van der Waals surface area contributed by atoms with Gasteiger partial charge >= 0.3 is 11.9 Å². The van der Waals surface area contributed by atoms with E-state index in [0.717, 1.165) is 0 Å². The highest BCUT2D eigenvalue weighted by atomic mass is 16.6. The Labute approximate surface area is 104 Å². The third-order valence-corrected chi connectivity index (χ3v) is 2.12. The van der Waals surface area contributed by atoms with Gasteiger partial charge in [-0.05, 0) is 17.7 Å². The van der Waals surface area contributed by atoms with Crippen LogP contribution in [0.4, 0.5) is 0 Å². The first-order valence-corrected chi connectivity index (χ1v) is 5.22. The Bertz CT molecular complexity index is 454. The molecule has 2 N–H and O–H groups in total. The highest BCUT2D eigenvalue weighted by molar-refractivity contribution is 5.67. The molecular formula is C12H14O6. The van der Waals surface area contributed by atoms with Crippen LogP contribution in [-0.4, -0.2) is 28.8 Å². The number of carbonyl (C=O) groups excluding carboxylic acids is 2. The van der Waals surface area contributed by atoms with Crippen LogP contribution in [0.1, 0.15) is 25.5 Å². The molecule has 0 amide bonds. The molecule has 6 nitrogen and oxygen atoms in total. The van der Waals surface area contributed by atoms with Crippen molar-refractivity contribution in [2.45, 2.75) is 20.0 Å². The number of benzene rings is 1. The van der Waals surface area contributed by atoms with Crippen LogP contribution >= 0.6 is 0 Å². The van der Waals surface area contributed by atoms with Gasteiger partial charge in [-0.25, -0.2) is 0 Å². The molecule has 0 aliphatic heterocycles. The zero-order valence-corrected chi connectivity index (χ0v) is 10.0. The van der Waals surface area contributed by atoms with E-state index >= 15 is 0 Å². The van der Waals surface area contributed by atoms with Crippen LogP contribution in [0.3, 0.4) is 0 Å². The van der Waals surface area contributed by atoms with Crippen LogP contribution in [0.5, 0.6) is 11.5 Å². The fourth-order valence-corrected chi connectivity index (χ4v) is 1.33. The molecule has 1 aromatic carbocycles. The summed E-state index contributed by atoms with van der Waals surface area (Å²) in [7, 11) is 0. The zero-order valence-electron chi connectivity index (χ0n) is 10.0. The van der Waals surface area contributed by atoms with E-state index in [4.69, 9.17) is 9.47 Å². The first-order chi connectivity index (χ1) is 8.40. The van der Waals surface area contributed by atoms with Crippen molar-refractivity contribution in [2.24, 2.45) is 0 Å². The van der Waals surface area contributed by atoms with Crippen LogP contribution in [0.2, 0.25) is 0 Å². The lowest BCUT2D eigenvalue weighted by molar-refractivity contribution is -0.156. The summed E-state index contributed by atoms with van der Waals surface area (Å²) < 4.78 is 9.74. The Morgan fingerprint density at radius 3 is 2.33 bits per heavy atom. The average Bonchev–Trinajstić information content (AvgIpc) is 2.27. The standard InChI is InChI=1S/C12H14O6/c1-7(13)17-6-12(18-8(2)14)9-3-4-10(15)11(16)5-9/h3-5,12,15-16H,6H2,1-2H3. The second-order valence-electron chi connectivity index (χ2n) is 3.65. The third-order valence-electron chi connectivity index (χ3n) is 2.12. The highest BCUT2D eigenvalue weighted by Gasteiger charge is 2.18. The normalized spacial score (nSPS) is 11.7. The number of esters is 2. The molecular weight excluding hydrogens is 240 g/mol. The fraction of sp³-hybridized carbons (Fsp3) is 0.333. The molecule has 0 saturated carbocycles. The summed E-state index contributed by atoms with van der Waals surface area (Å²) >= 11 is 0. The molecule has 1 aromatic rings. The van der Waals surface area contributed by atoms with Gasteiger partial charge in [-0.3, -0.25) is 9.59 Å². The first-order valence-electron chi connectivity index (χ1n) is 5.22. The largest absolute Gasteiger partial charge is 0.504 e. The van der Waals surface area contributed by atoms with Gasteiger partial charge in [0, 0.05) is 13.8 Å². The van der Waals surface area contributed by atoms with Gasteiger partial charge in [-0.15, -0.1) is 0 Å². The van der Waals surface area contributed by atoms with Crippen molar-refractivity contribution in [3.05, 3.63) is 23.8 Å². The monoisotopic (exact) mass is 254 g/mol. The molecule has 0 aliphatic carbocycles. The van der Waals surface area contributed by atoms with Gasteiger partial charge in [0.25, 0.3) is 0 Å². The molecule has 0 aromatic heterocycles. The SMILES string of the molecule is CC(=O)OCC(OC(C)=O)c1ccc(O)c(O)c1. The number of ether oxygens (including phenoxy) is 2. The Morgan fingerprint density at radius 2 is 1.83 bits per heavy atom. The lowest BCUT2D eigenvalue weighted by Gasteiger charge is -2.17. The van der Waals surface area contributed by atoms with Crippen LogP contribution in [0.15, 0.2) is 18.2 Å². The summed E-state index contributed by atoms with van der Waals surface area (Å²) in [5.74, 6) is -1.67. The predicted molar refractivity (Wildman–Crippen MR) is 60.9 cm³/mol. The number of carbonyl (C=O) groups is 2. The molecule has 6 heteroatoms. The Morgan fingerprint density at radius 1 is 1.17 bits per heavy atom. The molecule has 18 heavy (non-hydrogen) atoms. The Balaban J connectivity index is 2.89. The number of rotatable bonds is 4. The number of hydrogen-bond donors (Lipinski definition) is 2. The maximum Gasteiger partial charge on any atom is 0.303 e. The van der Waals surface area contributed by atoms with Gasteiger partial charge in [0.15, 0.2) is 17.6 Å². The van der Waals surface area contributed by atoms with Gasteiger partial charge in [-0.2, -0.15) is 0 Å². The number of phenolic OH excluding ortho intramolecular Hbond substituents is 2. The van der Waals surface area contributed by atoms with E-state index in [1.807, 2.05) is 0 Å². The number of phenols is 2. The minimum absolute atomic E-state index is 0.154. The van der Waals surface area contributed by atoms with Gasteiger partial charge in [0.1, 0.15) is 6.61 Å². The molecule has 1 rings (SSSR count). The van der Waals surface area contributed by atoms with Crippen molar-refractivity contribution in [3.63, 3.8) is 0 Å². The van der Waals surface area contributed by atoms with E-state index in [9.17, 15) is 19.8 Å². The topological polar surface area (TPSA) is 93.1 Å². The lowest BCUT2D eigenvalue weighted by atomic mass is 10.1. The molecule has 1 unspecified atom stereocenters. The first kappa shape index (κ1) is 13.8. The van der Waals surface area contributed by atoms with Crippen LogP contribution in [-0.2, 0) is 19.1 Å². The predicted octanol–water partition coefficient (Wildman–Crippen LogP) is 1.27. The molecule has 0 radical (unpaired) electrons. The molecule has 0 heterocycles. The van der Waals surface area contributed by atoms with E-state index < -0.39 is 18.0 Å². The van der Waals surface area contributed by atoms with Crippen molar-refractivity contribution in [1.82, 2.24) is 0 Å². The summed E-state index contributed by atoms with van der Waals surface area (Å²) in [6, 6.07) is 3.97. The van der Waals surface area contributed by atoms with Crippen molar-refractivity contribution in [3.8, 4) is 11.5 Å². The van der Waals surface area contributed by atoms with E-state index in [1.54, 1.807) is 0 Å². The summed E-state index contributed by atoms with van der Waals surface area (Å²) in [5, 5.41) is 18.5. The van der Waals surface area contributed by atoms with Crippen LogP contribution in [0, 0.1) is 0 Å². The van der Waals surface area contributed by atoms with Crippen molar-refractivity contribution in [2.75, 3.05) is 6.61 Å². The quantitative estimate of drug-likeness (QED) is 0.620. The van der Waals surface area contributed by atoms with Crippen molar-refractivity contribution < 1.29 is 29.3 Å². The molecule has 0 bridgehead atoms. The number of aromatic hydroxyl groups is 2. The molecule has 0 fully saturated rings. The second kappa shape index (κ2) is 5.90. The van der Waals surface area contributed by atoms with Gasteiger partial charge in [0.2, 0.25) is 0 Å². The Hall–Kier alpha value is -2.24. The number of hydrogen-bond acceptors (Lipinski definition) is 6. The van der Waals surface area contributed by atoms with Crippen LogP contribution in [0.25, 0.3) is 0 Å². The molecule has 0 spiro atoms. The molecule has 0 saturated heterocycles. The van der Waals surface area contributed by atoms with E-state index in [0.29, 0.717) is 5.56 Å². The fourth-order valence-electron chi connectivity index (χ4n) is 1.33. The lowest BCUT2D eigenvalue weighted by Crippen LogP contribution is -2.16. The van der Waals surface area contributed by atoms with Crippen molar-refractivity contribution >= 4 is 11.9 Å².